The summed E-state index contributed by atoms with van der Waals surface area (Å²) in [5.74, 6) is -2.51. The van der Waals surface area contributed by atoms with Crippen LogP contribution in [0.2, 0.25) is 0 Å². The van der Waals surface area contributed by atoms with E-state index in [0.717, 1.165) is 10.4 Å². The van der Waals surface area contributed by atoms with Gasteiger partial charge in [-0.3, -0.25) is 0 Å². The highest BCUT2D eigenvalue weighted by molar-refractivity contribution is 7.10. The van der Waals surface area contributed by atoms with E-state index in [9.17, 15) is 8.78 Å². The Morgan fingerprint density at radius 3 is 2.33 bits per heavy atom. The molecule has 15 heavy (non-hydrogen) atoms. The lowest BCUT2D eigenvalue weighted by Gasteiger charge is -2.37. The number of nitrogens with two attached hydrogens (primary N) is 1. The SMILES string of the molecule is Cc1ccsc1C1(N)CCC(F)(F)CC1. The van der Waals surface area contributed by atoms with E-state index in [2.05, 4.69) is 0 Å². The summed E-state index contributed by atoms with van der Waals surface area (Å²) in [5.41, 5.74) is 6.84. The lowest BCUT2D eigenvalue weighted by atomic mass is 9.79. The van der Waals surface area contributed by atoms with Crippen molar-refractivity contribution in [1.82, 2.24) is 0 Å². The topological polar surface area (TPSA) is 26.0 Å². The van der Waals surface area contributed by atoms with Gasteiger partial charge in [-0.2, -0.15) is 0 Å². The van der Waals surface area contributed by atoms with Gasteiger partial charge in [0.15, 0.2) is 0 Å². The highest BCUT2D eigenvalue weighted by Gasteiger charge is 2.43. The van der Waals surface area contributed by atoms with E-state index >= 15 is 0 Å². The summed E-state index contributed by atoms with van der Waals surface area (Å²) in [6.07, 6.45) is 0.615. The molecule has 1 aliphatic rings. The molecule has 1 fully saturated rings. The van der Waals surface area contributed by atoms with Crippen LogP contribution < -0.4 is 5.73 Å². The van der Waals surface area contributed by atoms with E-state index in [-0.39, 0.29) is 12.8 Å². The highest BCUT2D eigenvalue weighted by Crippen LogP contribution is 2.44. The molecule has 1 aromatic heterocycles. The molecule has 0 bridgehead atoms. The van der Waals surface area contributed by atoms with E-state index in [4.69, 9.17) is 5.73 Å². The first kappa shape index (κ1) is 11.0. The second-order valence-electron chi connectivity index (χ2n) is 4.44. The molecule has 2 rings (SSSR count). The molecule has 0 saturated heterocycles. The summed E-state index contributed by atoms with van der Waals surface area (Å²) in [4.78, 5) is 1.08. The Balaban J connectivity index is 2.20. The van der Waals surface area contributed by atoms with Crippen LogP contribution in [-0.2, 0) is 5.54 Å². The van der Waals surface area contributed by atoms with E-state index in [0.29, 0.717) is 12.8 Å². The van der Waals surface area contributed by atoms with Crippen LogP contribution in [0.4, 0.5) is 8.78 Å². The summed E-state index contributed by atoms with van der Waals surface area (Å²) in [7, 11) is 0. The Morgan fingerprint density at radius 1 is 1.27 bits per heavy atom. The molecule has 0 amide bonds. The van der Waals surface area contributed by atoms with Crippen molar-refractivity contribution in [2.75, 3.05) is 0 Å². The first-order chi connectivity index (χ1) is 6.93. The summed E-state index contributed by atoms with van der Waals surface area (Å²) < 4.78 is 26.1. The van der Waals surface area contributed by atoms with Crippen LogP contribution in [0.25, 0.3) is 0 Å². The van der Waals surface area contributed by atoms with Gasteiger partial charge in [-0.05, 0) is 36.8 Å². The van der Waals surface area contributed by atoms with Gasteiger partial charge in [-0.1, -0.05) is 0 Å². The zero-order valence-electron chi connectivity index (χ0n) is 8.72. The maximum Gasteiger partial charge on any atom is 0.248 e. The number of rotatable bonds is 1. The average Bonchev–Trinajstić information content (AvgIpc) is 2.58. The number of thiophene rings is 1. The summed E-state index contributed by atoms with van der Waals surface area (Å²) in [6.45, 7) is 1.99. The van der Waals surface area contributed by atoms with Crippen molar-refractivity contribution >= 4 is 11.3 Å². The van der Waals surface area contributed by atoms with Crippen molar-refractivity contribution in [2.45, 2.75) is 44.1 Å². The predicted octanol–water partition coefficient (Wildman–Crippen LogP) is 3.42. The third-order valence-corrected chi connectivity index (χ3v) is 4.42. The zero-order valence-corrected chi connectivity index (χ0v) is 9.54. The van der Waals surface area contributed by atoms with E-state index in [1.54, 1.807) is 11.3 Å². The van der Waals surface area contributed by atoms with Gasteiger partial charge in [-0.15, -0.1) is 11.3 Å². The summed E-state index contributed by atoms with van der Waals surface area (Å²) >= 11 is 1.59. The number of alkyl halides is 2. The molecule has 1 aliphatic carbocycles. The molecule has 84 valence electrons. The van der Waals surface area contributed by atoms with Crippen molar-refractivity contribution in [3.05, 3.63) is 21.9 Å². The van der Waals surface area contributed by atoms with Crippen molar-refractivity contribution < 1.29 is 8.78 Å². The molecular formula is C11H15F2NS. The van der Waals surface area contributed by atoms with Gasteiger partial charge in [0.1, 0.15) is 0 Å². The fourth-order valence-electron chi connectivity index (χ4n) is 2.17. The maximum atomic E-state index is 13.0. The second-order valence-corrected chi connectivity index (χ2v) is 5.36. The molecule has 1 saturated carbocycles. The fraction of sp³-hybridized carbons (Fsp3) is 0.636. The van der Waals surface area contributed by atoms with Crippen LogP contribution in [0, 0.1) is 6.92 Å². The highest BCUT2D eigenvalue weighted by atomic mass is 32.1. The normalized spacial score (nSPS) is 24.0. The van der Waals surface area contributed by atoms with E-state index in [1.165, 1.54) is 0 Å². The molecule has 1 aromatic rings. The van der Waals surface area contributed by atoms with Gasteiger partial charge in [0.2, 0.25) is 5.92 Å². The number of halogens is 2. The molecule has 0 spiro atoms. The van der Waals surface area contributed by atoms with Crippen LogP contribution in [0.5, 0.6) is 0 Å². The standard InChI is InChI=1S/C11H15F2NS/c1-8-2-7-15-9(8)10(14)3-5-11(12,13)6-4-10/h2,7H,3-6,14H2,1H3. The minimum Gasteiger partial charge on any atom is -0.321 e. The van der Waals surface area contributed by atoms with Crippen molar-refractivity contribution in [3.63, 3.8) is 0 Å². The van der Waals surface area contributed by atoms with Gasteiger partial charge in [-0.25, -0.2) is 8.78 Å². The molecule has 0 aliphatic heterocycles. The molecule has 0 radical (unpaired) electrons. The maximum absolute atomic E-state index is 13.0. The monoisotopic (exact) mass is 231 g/mol. The lowest BCUT2D eigenvalue weighted by Crippen LogP contribution is -2.43. The van der Waals surface area contributed by atoms with Gasteiger partial charge in [0.25, 0.3) is 0 Å². The Labute approximate surface area is 92.3 Å². The molecule has 1 nitrogen and oxygen atoms in total. The quantitative estimate of drug-likeness (QED) is 0.787. The number of aryl methyl sites for hydroxylation is 1. The van der Waals surface area contributed by atoms with Gasteiger partial charge in [0, 0.05) is 17.7 Å². The Morgan fingerprint density at radius 2 is 1.87 bits per heavy atom. The largest absolute Gasteiger partial charge is 0.321 e. The smallest absolute Gasteiger partial charge is 0.248 e. The fourth-order valence-corrected chi connectivity index (χ4v) is 3.27. The molecule has 0 unspecified atom stereocenters. The minimum absolute atomic E-state index is 0.0825. The molecule has 1 heterocycles. The summed E-state index contributed by atoms with van der Waals surface area (Å²) in [5, 5.41) is 1.98. The Bertz CT molecular complexity index is 349. The zero-order chi connectivity index (χ0) is 11.1. The van der Waals surface area contributed by atoms with E-state index < -0.39 is 11.5 Å². The molecule has 2 N–H and O–H groups in total. The molecular weight excluding hydrogens is 216 g/mol. The molecule has 0 atom stereocenters. The first-order valence-corrected chi connectivity index (χ1v) is 6.02. The van der Waals surface area contributed by atoms with Crippen LogP contribution in [0.15, 0.2) is 11.4 Å². The van der Waals surface area contributed by atoms with Crippen LogP contribution in [0.1, 0.15) is 36.1 Å². The molecule has 4 heteroatoms. The van der Waals surface area contributed by atoms with Crippen LogP contribution >= 0.6 is 11.3 Å². The molecule has 0 aromatic carbocycles. The van der Waals surface area contributed by atoms with Crippen LogP contribution in [-0.4, -0.2) is 5.92 Å². The van der Waals surface area contributed by atoms with Gasteiger partial charge in [0.05, 0.1) is 5.54 Å². The Kier molecular flexibility index (Phi) is 2.59. The summed E-state index contributed by atoms with van der Waals surface area (Å²) in [6, 6.07) is 2.00. The van der Waals surface area contributed by atoms with Crippen LogP contribution in [0.3, 0.4) is 0 Å². The lowest BCUT2D eigenvalue weighted by molar-refractivity contribution is -0.0510. The van der Waals surface area contributed by atoms with Crippen molar-refractivity contribution in [2.24, 2.45) is 5.73 Å². The minimum atomic E-state index is -2.51. The number of hydrogen-bond donors (Lipinski definition) is 1. The first-order valence-electron chi connectivity index (χ1n) is 5.14. The third-order valence-electron chi connectivity index (χ3n) is 3.19. The Hall–Kier alpha value is -0.480. The second kappa shape index (κ2) is 3.52. The van der Waals surface area contributed by atoms with Crippen molar-refractivity contribution in [3.8, 4) is 0 Å². The predicted molar refractivity (Wildman–Crippen MR) is 58.3 cm³/mol. The average molecular weight is 231 g/mol. The number of hydrogen-bond acceptors (Lipinski definition) is 2. The van der Waals surface area contributed by atoms with Gasteiger partial charge < -0.3 is 5.73 Å². The third kappa shape index (κ3) is 2.06. The van der Waals surface area contributed by atoms with Gasteiger partial charge >= 0.3 is 0 Å². The van der Waals surface area contributed by atoms with E-state index in [1.807, 2.05) is 18.4 Å². The van der Waals surface area contributed by atoms with Crippen molar-refractivity contribution in [1.29, 1.82) is 0 Å².